The first kappa shape index (κ1) is 16.6. The summed E-state index contributed by atoms with van der Waals surface area (Å²) in [5, 5.41) is 4.45. The third kappa shape index (κ3) is 4.87. The van der Waals surface area contributed by atoms with Gasteiger partial charge >= 0.3 is 0 Å². The minimum atomic E-state index is 0.0219. The highest BCUT2D eigenvalue weighted by Gasteiger charge is 2.24. The number of amides is 1. The van der Waals surface area contributed by atoms with Gasteiger partial charge in [-0.2, -0.15) is 0 Å². The number of nitrogens with zero attached hydrogens (tertiary/aromatic N) is 1. The number of carbonyl (C=O) groups excluding carboxylic acids is 1. The summed E-state index contributed by atoms with van der Waals surface area (Å²) >= 11 is 12.0. The van der Waals surface area contributed by atoms with Gasteiger partial charge in [-0.15, -0.1) is 0 Å². The Morgan fingerprint density at radius 2 is 2.00 bits per heavy atom. The monoisotopic (exact) mass is 328 g/mol. The van der Waals surface area contributed by atoms with E-state index in [1.807, 2.05) is 4.90 Å². The van der Waals surface area contributed by atoms with Gasteiger partial charge in [0.2, 0.25) is 0 Å². The summed E-state index contributed by atoms with van der Waals surface area (Å²) in [7, 11) is 0. The summed E-state index contributed by atoms with van der Waals surface area (Å²) in [6, 6.07) is 5.49. The number of nitrogens with one attached hydrogen (secondary N) is 1. The lowest BCUT2D eigenvalue weighted by atomic mass is 9.97. The molecule has 116 valence electrons. The first-order valence-electron chi connectivity index (χ1n) is 7.44. The zero-order chi connectivity index (χ0) is 15.4. The number of carbonyl (C=O) groups is 1. The van der Waals surface area contributed by atoms with E-state index in [1.165, 1.54) is 6.42 Å². The standard InChI is InChI=1S/C16H22Cl2N2O/c1-11(2)19-9-12-4-3-5-20(10-12)16(21)13-6-14(17)8-15(18)7-13/h6-8,11-12,19H,3-5,9-10H2,1-2H3. The predicted octanol–water partition coefficient (Wildman–Crippen LogP) is 3.84. The average molecular weight is 329 g/mol. The van der Waals surface area contributed by atoms with Crippen LogP contribution in [0.5, 0.6) is 0 Å². The molecule has 1 saturated heterocycles. The van der Waals surface area contributed by atoms with E-state index in [9.17, 15) is 4.79 Å². The summed E-state index contributed by atoms with van der Waals surface area (Å²) in [6.45, 7) is 6.83. The molecule has 0 saturated carbocycles. The fourth-order valence-electron chi connectivity index (χ4n) is 2.68. The van der Waals surface area contributed by atoms with Crippen molar-refractivity contribution in [3.05, 3.63) is 33.8 Å². The second kappa shape index (κ2) is 7.48. The molecule has 3 nitrogen and oxygen atoms in total. The van der Waals surface area contributed by atoms with Gasteiger partial charge in [0.05, 0.1) is 0 Å². The van der Waals surface area contributed by atoms with Crippen LogP contribution in [0.4, 0.5) is 0 Å². The number of benzene rings is 1. The van der Waals surface area contributed by atoms with Crippen LogP contribution in [0.1, 0.15) is 37.0 Å². The smallest absolute Gasteiger partial charge is 0.253 e. The van der Waals surface area contributed by atoms with Crippen molar-refractivity contribution in [3.8, 4) is 0 Å². The van der Waals surface area contributed by atoms with Crippen molar-refractivity contribution in [1.82, 2.24) is 10.2 Å². The minimum absolute atomic E-state index is 0.0219. The van der Waals surface area contributed by atoms with Gasteiger partial charge in [0.25, 0.3) is 5.91 Å². The van der Waals surface area contributed by atoms with Crippen LogP contribution in [0.2, 0.25) is 10.0 Å². The van der Waals surface area contributed by atoms with Crippen molar-refractivity contribution < 1.29 is 4.79 Å². The Morgan fingerprint density at radius 1 is 1.33 bits per heavy atom. The Labute approximate surface area is 136 Å². The van der Waals surface area contributed by atoms with Crippen LogP contribution in [0.3, 0.4) is 0 Å². The van der Waals surface area contributed by atoms with Crippen LogP contribution in [0.15, 0.2) is 18.2 Å². The molecular weight excluding hydrogens is 307 g/mol. The molecule has 1 aliphatic heterocycles. The molecule has 1 fully saturated rings. The predicted molar refractivity (Wildman–Crippen MR) is 88.2 cm³/mol. The molecule has 1 aromatic rings. The van der Waals surface area contributed by atoms with Crippen molar-refractivity contribution >= 4 is 29.1 Å². The van der Waals surface area contributed by atoms with E-state index < -0.39 is 0 Å². The van der Waals surface area contributed by atoms with E-state index in [1.54, 1.807) is 18.2 Å². The average Bonchev–Trinajstić information content (AvgIpc) is 2.43. The molecule has 0 spiro atoms. The van der Waals surface area contributed by atoms with Gasteiger partial charge in [-0.1, -0.05) is 37.0 Å². The zero-order valence-corrected chi connectivity index (χ0v) is 14.0. The lowest BCUT2D eigenvalue weighted by molar-refractivity contribution is 0.0672. The molecule has 0 bridgehead atoms. The third-order valence-corrected chi connectivity index (χ3v) is 4.17. The third-order valence-electron chi connectivity index (χ3n) is 3.73. The van der Waals surface area contributed by atoms with E-state index in [0.717, 1.165) is 26.1 Å². The Morgan fingerprint density at radius 3 is 2.62 bits per heavy atom. The number of hydrogen-bond acceptors (Lipinski definition) is 2. The van der Waals surface area contributed by atoms with Gasteiger partial charge in [-0.3, -0.25) is 4.79 Å². The highest BCUT2D eigenvalue weighted by atomic mass is 35.5. The molecule has 1 aromatic carbocycles. The van der Waals surface area contributed by atoms with E-state index in [-0.39, 0.29) is 5.91 Å². The minimum Gasteiger partial charge on any atom is -0.338 e. The van der Waals surface area contributed by atoms with E-state index in [0.29, 0.717) is 27.6 Å². The zero-order valence-electron chi connectivity index (χ0n) is 12.5. The van der Waals surface area contributed by atoms with Crippen molar-refractivity contribution in [2.45, 2.75) is 32.7 Å². The van der Waals surface area contributed by atoms with E-state index in [2.05, 4.69) is 19.2 Å². The summed E-state index contributed by atoms with van der Waals surface area (Å²) in [4.78, 5) is 14.5. The summed E-state index contributed by atoms with van der Waals surface area (Å²) < 4.78 is 0. The lowest BCUT2D eigenvalue weighted by Gasteiger charge is -2.33. The normalized spacial score (nSPS) is 19.1. The van der Waals surface area contributed by atoms with Gasteiger partial charge in [0.15, 0.2) is 0 Å². The molecule has 1 atom stereocenters. The van der Waals surface area contributed by atoms with Crippen LogP contribution in [0, 0.1) is 5.92 Å². The van der Waals surface area contributed by atoms with Gasteiger partial charge in [-0.25, -0.2) is 0 Å². The van der Waals surface area contributed by atoms with Gasteiger partial charge in [-0.05, 0) is 43.5 Å². The summed E-state index contributed by atoms with van der Waals surface area (Å²) in [5.41, 5.74) is 0.574. The van der Waals surface area contributed by atoms with Gasteiger partial charge in [0.1, 0.15) is 0 Å². The molecule has 21 heavy (non-hydrogen) atoms. The van der Waals surface area contributed by atoms with E-state index in [4.69, 9.17) is 23.2 Å². The molecule has 1 unspecified atom stereocenters. The molecule has 5 heteroatoms. The van der Waals surface area contributed by atoms with Crippen LogP contribution >= 0.6 is 23.2 Å². The first-order valence-corrected chi connectivity index (χ1v) is 8.20. The molecule has 1 aliphatic rings. The van der Waals surface area contributed by atoms with Crippen LogP contribution in [-0.4, -0.2) is 36.5 Å². The number of hydrogen-bond donors (Lipinski definition) is 1. The van der Waals surface area contributed by atoms with Gasteiger partial charge in [0, 0.05) is 34.7 Å². The Balaban J connectivity index is 2.01. The summed E-state index contributed by atoms with van der Waals surface area (Å²) in [6.07, 6.45) is 2.21. The van der Waals surface area contributed by atoms with Crippen LogP contribution in [0.25, 0.3) is 0 Å². The Hall–Kier alpha value is -0.770. The Kier molecular flexibility index (Phi) is 5.91. The number of rotatable bonds is 4. The van der Waals surface area contributed by atoms with Crippen molar-refractivity contribution in [3.63, 3.8) is 0 Å². The molecule has 0 aliphatic carbocycles. The quantitative estimate of drug-likeness (QED) is 0.910. The topological polar surface area (TPSA) is 32.3 Å². The molecule has 0 aromatic heterocycles. The fraction of sp³-hybridized carbons (Fsp3) is 0.562. The van der Waals surface area contributed by atoms with Crippen molar-refractivity contribution in [2.75, 3.05) is 19.6 Å². The highest BCUT2D eigenvalue weighted by Crippen LogP contribution is 2.23. The van der Waals surface area contributed by atoms with E-state index >= 15 is 0 Å². The van der Waals surface area contributed by atoms with Crippen LogP contribution < -0.4 is 5.32 Å². The number of piperidine rings is 1. The molecular formula is C16H22Cl2N2O. The largest absolute Gasteiger partial charge is 0.338 e. The van der Waals surface area contributed by atoms with Gasteiger partial charge < -0.3 is 10.2 Å². The molecule has 0 radical (unpaired) electrons. The second-order valence-corrected chi connectivity index (χ2v) is 6.85. The van der Waals surface area contributed by atoms with Crippen LogP contribution in [-0.2, 0) is 0 Å². The maximum atomic E-state index is 12.6. The van der Waals surface area contributed by atoms with Crippen molar-refractivity contribution in [1.29, 1.82) is 0 Å². The fourth-order valence-corrected chi connectivity index (χ4v) is 3.20. The second-order valence-electron chi connectivity index (χ2n) is 5.98. The SMILES string of the molecule is CC(C)NCC1CCCN(C(=O)c2cc(Cl)cc(Cl)c2)C1. The van der Waals surface area contributed by atoms with Crippen molar-refractivity contribution in [2.24, 2.45) is 5.92 Å². The first-order chi connectivity index (χ1) is 9.95. The molecule has 1 heterocycles. The lowest BCUT2D eigenvalue weighted by Crippen LogP contribution is -2.43. The Bertz CT molecular complexity index is 485. The maximum absolute atomic E-state index is 12.6. The number of likely N-dealkylation sites (tertiary alicyclic amines) is 1. The maximum Gasteiger partial charge on any atom is 0.253 e. The number of halogens is 2. The molecule has 1 N–H and O–H groups in total. The molecule has 1 amide bonds. The highest BCUT2D eigenvalue weighted by molar-refractivity contribution is 6.35. The summed E-state index contributed by atoms with van der Waals surface area (Å²) in [5.74, 6) is 0.536. The molecule has 2 rings (SSSR count).